The van der Waals surface area contributed by atoms with Gasteiger partial charge in [0.05, 0.1) is 23.9 Å². The number of hydrogen-bond acceptors (Lipinski definition) is 3. The molecule has 1 saturated carbocycles. The lowest BCUT2D eigenvalue weighted by molar-refractivity contribution is -0.147. The molecule has 2 saturated heterocycles. The van der Waals surface area contributed by atoms with Crippen LogP contribution in [0.15, 0.2) is 36.8 Å². The first-order valence-corrected chi connectivity index (χ1v) is 12.5. The molecule has 2 amide bonds. The molecule has 1 aliphatic carbocycles. The largest absolute Gasteiger partial charge is 0.342 e. The van der Waals surface area contributed by atoms with Crippen molar-refractivity contribution in [2.75, 3.05) is 26.2 Å². The fourth-order valence-corrected chi connectivity index (χ4v) is 5.65. The maximum absolute atomic E-state index is 14.0. The number of carbonyl (C=O) groups excluding carboxylic acids is 2. The number of carbonyl (C=O) groups is 2. The van der Waals surface area contributed by atoms with Crippen LogP contribution in [0.4, 0.5) is 0 Å². The van der Waals surface area contributed by atoms with Gasteiger partial charge in [-0.25, -0.2) is 4.98 Å². The second-order valence-electron chi connectivity index (χ2n) is 10.8. The fourth-order valence-electron chi connectivity index (χ4n) is 5.65. The van der Waals surface area contributed by atoms with Crippen LogP contribution in [-0.2, 0) is 16.0 Å². The first kappa shape index (κ1) is 22.2. The number of rotatable bonds is 6. The van der Waals surface area contributed by atoms with E-state index in [2.05, 4.69) is 48.6 Å². The lowest BCUT2D eigenvalue weighted by atomic mass is 9.70. The molecule has 6 nitrogen and oxygen atoms in total. The van der Waals surface area contributed by atoms with E-state index in [-0.39, 0.29) is 17.7 Å². The molecular formula is C27H36N4O2. The molecule has 176 valence electrons. The van der Waals surface area contributed by atoms with E-state index < -0.39 is 5.41 Å². The second kappa shape index (κ2) is 8.62. The Balaban J connectivity index is 1.43. The van der Waals surface area contributed by atoms with Gasteiger partial charge in [-0.2, -0.15) is 0 Å². The van der Waals surface area contributed by atoms with E-state index in [0.29, 0.717) is 31.5 Å². The van der Waals surface area contributed by atoms with E-state index in [4.69, 9.17) is 4.98 Å². The summed E-state index contributed by atoms with van der Waals surface area (Å²) in [6, 6.07) is 8.48. The van der Waals surface area contributed by atoms with Crippen molar-refractivity contribution in [1.29, 1.82) is 0 Å². The van der Waals surface area contributed by atoms with Crippen molar-refractivity contribution in [3.05, 3.63) is 53.6 Å². The topological polar surface area (TPSA) is 58.4 Å². The third-order valence-electron chi connectivity index (χ3n) is 7.89. The maximum atomic E-state index is 14.0. The minimum Gasteiger partial charge on any atom is -0.342 e. The number of nitrogens with zero attached hydrogens (tertiary/aromatic N) is 4. The summed E-state index contributed by atoms with van der Waals surface area (Å²) < 4.78 is 2.11. The van der Waals surface area contributed by atoms with Crippen LogP contribution < -0.4 is 0 Å². The lowest BCUT2D eigenvalue weighted by Gasteiger charge is -2.42. The van der Waals surface area contributed by atoms with Gasteiger partial charge >= 0.3 is 0 Å². The van der Waals surface area contributed by atoms with Crippen molar-refractivity contribution in [2.24, 2.45) is 11.3 Å². The highest BCUT2D eigenvalue weighted by Crippen LogP contribution is 2.49. The Kier molecular flexibility index (Phi) is 5.79. The lowest BCUT2D eigenvalue weighted by Crippen LogP contribution is -2.53. The number of likely N-dealkylation sites (tertiary alicyclic amines) is 2. The summed E-state index contributed by atoms with van der Waals surface area (Å²) >= 11 is 0. The Labute approximate surface area is 197 Å². The van der Waals surface area contributed by atoms with Gasteiger partial charge in [0.15, 0.2) is 0 Å². The molecule has 1 spiro atoms. The van der Waals surface area contributed by atoms with Crippen LogP contribution in [-0.4, -0.2) is 57.3 Å². The predicted molar refractivity (Wildman–Crippen MR) is 128 cm³/mol. The van der Waals surface area contributed by atoms with Crippen LogP contribution in [0.3, 0.4) is 0 Å². The minimum absolute atomic E-state index is 0.0472. The molecule has 2 aromatic rings. The van der Waals surface area contributed by atoms with Crippen LogP contribution in [0, 0.1) is 18.3 Å². The van der Waals surface area contributed by atoms with Crippen molar-refractivity contribution in [1.82, 2.24) is 19.4 Å². The molecule has 3 heterocycles. The van der Waals surface area contributed by atoms with Gasteiger partial charge in [-0.1, -0.05) is 29.8 Å². The van der Waals surface area contributed by atoms with Crippen molar-refractivity contribution in [3.63, 3.8) is 0 Å². The van der Waals surface area contributed by atoms with E-state index in [0.717, 1.165) is 37.2 Å². The van der Waals surface area contributed by atoms with Crippen molar-refractivity contribution in [3.8, 4) is 0 Å². The van der Waals surface area contributed by atoms with Gasteiger partial charge in [-0.15, -0.1) is 0 Å². The highest BCUT2D eigenvalue weighted by atomic mass is 16.2. The second-order valence-corrected chi connectivity index (χ2v) is 10.8. The van der Waals surface area contributed by atoms with Gasteiger partial charge in [-0.05, 0) is 57.9 Å². The van der Waals surface area contributed by atoms with Gasteiger partial charge in [0.1, 0.15) is 0 Å². The third kappa shape index (κ3) is 4.32. The molecule has 6 heteroatoms. The van der Waals surface area contributed by atoms with Gasteiger partial charge in [0, 0.05) is 44.3 Å². The summed E-state index contributed by atoms with van der Waals surface area (Å²) in [7, 11) is 0. The van der Waals surface area contributed by atoms with E-state index in [1.165, 1.54) is 18.4 Å². The maximum Gasteiger partial charge on any atom is 0.231 e. The molecule has 5 rings (SSSR count). The summed E-state index contributed by atoms with van der Waals surface area (Å²) in [4.78, 5) is 36.1. The van der Waals surface area contributed by atoms with E-state index in [9.17, 15) is 9.59 Å². The molecule has 0 unspecified atom stereocenters. The van der Waals surface area contributed by atoms with Crippen molar-refractivity contribution < 1.29 is 9.59 Å². The zero-order valence-corrected chi connectivity index (χ0v) is 20.2. The molecule has 3 fully saturated rings. The number of piperidine rings is 1. The molecule has 1 aromatic carbocycles. The minimum atomic E-state index is -0.549. The van der Waals surface area contributed by atoms with Gasteiger partial charge in [-0.3, -0.25) is 9.59 Å². The third-order valence-corrected chi connectivity index (χ3v) is 7.89. The highest BCUT2D eigenvalue weighted by molar-refractivity contribution is 5.88. The number of imidazole rings is 1. The fraction of sp³-hybridized carbons (Fsp3) is 0.593. The van der Waals surface area contributed by atoms with E-state index in [1.807, 2.05) is 23.4 Å². The summed E-state index contributed by atoms with van der Waals surface area (Å²) in [5.41, 5.74) is 2.62. The molecule has 0 N–H and O–H groups in total. The molecule has 0 bridgehead atoms. The first-order valence-electron chi connectivity index (χ1n) is 12.5. The molecule has 33 heavy (non-hydrogen) atoms. The SMILES string of the molecule is Cc1ccc(CC(=O)N2C[C@@H](c3cn(C(C)C)cn3)[C@]3(CCCN(CC4CC4)C3=O)C2)cc1. The average Bonchev–Trinajstić information content (AvgIpc) is 3.32. The van der Waals surface area contributed by atoms with Crippen molar-refractivity contribution in [2.45, 2.75) is 64.8 Å². The quantitative estimate of drug-likeness (QED) is 0.672. The summed E-state index contributed by atoms with van der Waals surface area (Å²) in [6.07, 6.45) is 8.65. The number of aryl methyl sites for hydroxylation is 1. The highest BCUT2D eigenvalue weighted by Gasteiger charge is 2.57. The Bertz CT molecular complexity index is 1020. The standard InChI is InChI=1S/C27H36N4O2/c1-19(2)31-16-24(28-18-31)23-15-30(25(32)13-21-7-5-20(3)6-8-21)17-27(23)11-4-12-29(26(27)33)14-22-9-10-22/h5-8,16,18-19,22-23H,4,9-15,17H2,1-3H3/t23-,27-/m0/s1. The number of amides is 2. The smallest absolute Gasteiger partial charge is 0.231 e. The Hall–Kier alpha value is -2.63. The van der Waals surface area contributed by atoms with E-state index >= 15 is 0 Å². The molecule has 0 radical (unpaired) electrons. The van der Waals surface area contributed by atoms with E-state index in [1.54, 1.807) is 0 Å². The number of benzene rings is 1. The predicted octanol–water partition coefficient (Wildman–Crippen LogP) is 3.96. The average molecular weight is 449 g/mol. The number of hydrogen-bond donors (Lipinski definition) is 0. The zero-order chi connectivity index (χ0) is 23.2. The monoisotopic (exact) mass is 448 g/mol. The first-order chi connectivity index (χ1) is 15.9. The van der Waals surface area contributed by atoms with Crippen molar-refractivity contribution >= 4 is 11.8 Å². The summed E-state index contributed by atoms with van der Waals surface area (Å²) in [5.74, 6) is 0.976. The normalized spacial score (nSPS) is 25.5. The molecular weight excluding hydrogens is 412 g/mol. The summed E-state index contributed by atoms with van der Waals surface area (Å²) in [5, 5.41) is 0. The van der Waals surface area contributed by atoms with Crippen LogP contribution in [0.1, 0.15) is 68.3 Å². The van der Waals surface area contributed by atoms with Crippen LogP contribution in [0.2, 0.25) is 0 Å². The Morgan fingerprint density at radius 2 is 1.97 bits per heavy atom. The zero-order valence-electron chi connectivity index (χ0n) is 20.2. The number of aromatic nitrogens is 2. The molecule has 1 aromatic heterocycles. The summed E-state index contributed by atoms with van der Waals surface area (Å²) in [6.45, 7) is 9.14. The molecule has 2 aliphatic heterocycles. The Morgan fingerprint density at radius 3 is 2.64 bits per heavy atom. The Morgan fingerprint density at radius 1 is 1.21 bits per heavy atom. The van der Waals surface area contributed by atoms with Crippen LogP contribution in [0.25, 0.3) is 0 Å². The van der Waals surface area contributed by atoms with Gasteiger partial charge < -0.3 is 14.4 Å². The van der Waals surface area contributed by atoms with Gasteiger partial charge in [0.2, 0.25) is 11.8 Å². The molecule has 2 atom stereocenters. The van der Waals surface area contributed by atoms with Crippen LogP contribution in [0.5, 0.6) is 0 Å². The van der Waals surface area contributed by atoms with Gasteiger partial charge in [0.25, 0.3) is 0 Å². The van der Waals surface area contributed by atoms with Crippen LogP contribution >= 0.6 is 0 Å². The molecule has 3 aliphatic rings.